The monoisotopic (exact) mass is 326 g/mol. The van der Waals surface area contributed by atoms with E-state index in [1.54, 1.807) is 24.3 Å². The fraction of sp³-hybridized carbons (Fsp3) is 0.263. The molecule has 0 aliphatic rings. The lowest BCUT2D eigenvalue weighted by molar-refractivity contribution is -0.116. The summed E-state index contributed by atoms with van der Waals surface area (Å²) in [5, 5.41) is 5.52. The molecule has 2 amide bonds. The molecule has 0 aromatic heterocycles. The highest BCUT2D eigenvalue weighted by Gasteiger charge is 2.05. The van der Waals surface area contributed by atoms with Gasteiger partial charge in [-0.25, -0.2) is 0 Å². The van der Waals surface area contributed by atoms with Crippen LogP contribution in [-0.4, -0.2) is 17.9 Å². The highest BCUT2D eigenvalue weighted by molar-refractivity contribution is 5.93. The summed E-state index contributed by atoms with van der Waals surface area (Å²) in [4.78, 5) is 23.1. The van der Waals surface area contributed by atoms with E-state index in [0.29, 0.717) is 11.4 Å². The van der Waals surface area contributed by atoms with Gasteiger partial charge in [0.2, 0.25) is 11.8 Å². The first kappa shape index (κ1) is 17.5. The van der Waals surface area contributed by atoms with Crippen LogP contribution in [0.1, 0.15) is 26.3 Å². The Morgan fingerprint density at radius 2 is 1.46 bits per heavy atom. The highest BCUT2D eigenvalue weighted by atomic mass is 16.5. The summed E-state index contributed by atoms with van der Waals surface area (Å²) in [6.07, 6.45) is 0.412. The van der Waals surface area contributed by atoms with Crippen molar-refractivity contribution in [2.75, 3.05) is 10.6 Å². The quantitative estimate of drug-likeness (QED) is 0.852. The molecular formula is C19H22N2O3. The molecule has 0 spiro atoms. The number of amides is 2. The first-order valence-electron chi connectivity index (χ1n) is 7.85. The number of benzene rings is 2. The molecule has 0 fully saturated rings. The second kappa shape index (κ2) is 8.15. The number of hydrogen-bond donors (Lipinski definition) is 2. The molecule has 0 aliphatic heterocycles. The average molecular weight is 326 g/mol. The van der Waals surface area contributed by atoms with E-state index in [1.807, 2.05) is 38.1 Å². The molecule has 0 bridgehead atoms. The number of hydrogen-bond acceptors (Lipinski definition) is 3. The van der Waals surface area contributed by atoms with Gasteiger partial charge < -0.3 is 15.4 Å². The maximum Gasteiger partial charge on any atom is 0.228 e. The maximum absolute atomic E-state index is 12.1. The van der Waals surface area contributed by atoms with Crippen molar-refractivity contribution in [2.45, 2.75) is 33.3 Å². The molecule has 0 unspecified atom stereocenters. The first-order chi connectivity index (χ1) is 11.4. The van der Waals surface area contributed by atoms with E-state index in [4.69, 9.17) is 4.74 Å². The van der Waals surface area contributed by atoms with E-state index in [2.05, 4.69) is 10.6 Å². The fourth-order valence-electron chi connectivity index (χ4n) is 2.19. The van der Waals surface area contributed by atoms with E-state index in [1.165, 1.54) is 6.92 Å². The van der Waals surface area contributed by atoms with Gasteiger partial charge in [-0.05, 0) is 55.8 Å². The van der Waals surface area contributed by atoms with Gasteiger partial charge in [-0.3, -0.25) is 9.59 Å². The molecule has 0 saturated carbocycles. The molecule has 5 nitrogen and oxygen atoms in total. The van der Waals surface area contributed by atoms with Crippen LogP contribution in [0.15, 0.2) is 48.5 Å². The molecule has 2 N–H and O–H groups in total. The molecule has 0 atom stereocenters. The van der Waals surface area contributed by atoms with Crippen LogP contribution in [0.5, 0.6) is 5.75 Å². The van der Waals surface area contributed by atoms with Crippen LogP contribution in [0.3, 0.4) is 0 Å². The Balaban J connectivity index is 1.89. The van der Waals surface area contributed by atoms with Crippen LogP contribution in [0.2, 0.25) is 0 Å². The average Bonchev–Trinajstić information content (AvgIpc) is 2.50. The Morgan fingerprint density at radius 3 is 1.96 bits per heavy atom. The lowest BCUT2D eigenvalue weighted by atomic mass is 10.1. The van der Waals surface area contributed by atoms with Crippen LogP contribution in [0, 0.1) is 0 Å². The van der Waals surface area contributed by atoms with Crippen molar-refractivity contribution in [1.29, 1.82) is 0 Å². The van der Waals surface area contributed by atoms with Crippen molar-refractivity contribution in [3.63, 3.8) is 0 Å². The summed E-state index contributed by atoms with van der Waals surface area (Å²) in [6, 6.07) is 14.5. The van der Waals surface area contributed by atoms with Crippen molar-refractivity contribution >= 4 is 23.2 Å². The third kappa shape index (κ3) is 5.76. The Labute approximate surface area is 142 Å². The molecule has 2 aromatic carbocycles. The summed E-state index contributed by atoms with van der Waals surface area (Å²) in [5.74, 6) is 0.569. The van der Waals surface area contributed by atoms with Gasteiger partial charge in [0.05, 0.1) is 12.5 Å². The molecule has 24 heavy (non-hydrogen) atoms. The molecule has 2 aromatic rings. The standard InChI is InChI=1S/C19H22N2O3/c1-13(2)24-18-10-4-15(5-11-18)12-19(23)21-17-8-6-16(7-9-17)20-14(3)22/h4-11,13H,12H2,1-3H3,(H,20,22)(H,21,23). The minimum Gasteiger partial charge on any atom is -0.491 e. The minimum absolute atomic E-state index is 0.0974. The Bertz CT molecular complexity index is 692. The summed E-state index contributed by atoms with van der Waals surface area (Å²) in [6.45, 7) is 5.39. The van der Waals surface area contributed by atoms with Crippen molar-refractivity contribution in [1.82, 2.24) is 0 Å². The third-order valence-corrected chi connectivity index (χ3v) is 3.15. The van der Waals surface area contributed by atoms with Crippen molar-refractivity contribution in [3.8, 4) is 5.75 Å². The Hall–Kier alpha value is -2.82. The molecule has 0 saturated heterocycles. The number of carbonyl (C=O) groups is 2. The number of nitrogens with one attached hydrogen (secondary N) is 2. The van der Waals surface area contributed by atoms with Gasteiger partial charge in [0.1, 0.15) is 5.75 Å². The summed E-state index contributed by atoms with van der Waals surface area (Å²) < 4.78 is 5.58. The zero-order valence-electron chi connectivity index (χ0n) is 14.1. The van der Waals surface area contributed by atoms with E-state index in [9.17, 15) is 9.59 Å². The maximum atomic E-state index is 12.1. The SMILES string of the molecule is CC(=O)Nc1ccc(NC(=O)Cc2ccc(OC(C)C)cc2)cc1. The van der Waals surface area contributed by atoms with Gasteiger partial charge in [-0.1, -0.05) is 12.1 Å². The van der Waals surface area contributed by atoms with E-state index in [0.717, 1.165) is 11.3 Å². The fourth-order valence-corrected chi connectivity index (χ4v) is 2.19. The minimum atomic E-state index is -0.128. The molecule has 2 rings (SSSR count). The van der Waals surface area contributed by atoms with Crippen molar-refractivity contribution in [2.24, 2.45) is 0 Å². The van der Waals surface area contributed by atoms with Gasteiger partial charge in [0.15, 0.2) is 0 Å². The predicted octanol–water partition coefficient (Wildman–Crippen LogP) is 3.61. The van der Waals surface area contributed by atoms with E-state index < -0.39 is 0 Å². The molecule has 5 heteroatoms. The van der Waals surface area contributed by atoms with Crippen molar-refractivity contribution < 1.29 is 14.3 Å². The van der Waals surface area contributed by atoms with E-state index in [-0.39, 0.29) is 24.3 Å². The van der Waals surface area contributed by atoms with Crippen LogP contribution in [-0.2, 0) is 16.0 Å². The molecule has 0 heterocycles. The topological polar surface area (TPSA) is 67.4 Å². The Kier molecular flexibility index (Phi) is 5.95. The molecular weight excluding hydrogens is 304 g/mol. The summed E-state index contributed by atoms with van der Waals surface area (Å²) >= 11 is 0. The normalized spacial score (nSPS) is 10.3. The first-order valence-corrected chi connectivity index (χ1v) is 7.85. The largest absolute Gasteiger partial charge is 0.491 e. The number of ether oxygens (including phenoxy) is 1. The van der Waals surface area contributed by atoms with E-state index >= 15 is 0 Å². The molecule has 126 valence electrons. The van der Waals surface area contributed by atoms with Crippen molar-refractivity contribution in [3.05, 3.63) is 54.1 Å². The van der Waals surface area contributed by atoms with Crippen LogP contribution < -0.4 is 15.4 Å². The van der Waals surface area contributed by atoms with Gasteiger partial charge >= 0.3 is 0 Å². The number of anilines is 2. The number of rotatable bonds is 6. The molecule has 0 radical (unpaired) electrons. The molecule has 0 aliphatic carbocycles. The van der Waals surface area contributed by atoms with Crippen LogP contribution in [0.4, 0.5) is 11.4 Å². The highest BCUT2D eigenvalue weighted by Crippen LogP contribution is 2.16. The Morgan fingerprint density at radius 1 is 0.917 bits per heavy atom. The van der Waals surface area contributed by atoms with Crippen LogP contribution in [0.25, 0.3) is 0 Å². The van der Waals surface area contributed by atoms with Crippen LogP contribution >= 0.6 is 0 Å². The van der Waals surface area contributed by atoms with Gasteiger partial charge in [0, 0.05) is 18.3 Å². The second-order valence-corrected chi connectivity index (χ2v) is 5.79. The number of carbonyl (C=O) groups excluding carboxylic acids is 2. The lowest BCUT2D eigenvalue weighted by Gasteiger charge is -2.10. The summed E-state index contributed by atoms with van der Waals surface area (Å²) in [7, 11) is 0. The predicted molar refractivity (Wildman–Crippen MR) is 95.3 cm³/mol. The zero-order chi connectivity index (χ0) is 17.5. The smallest absolute Gasteiger partial charge is 0.228 e. The van der Waals surface area contributed by atoms with Gasteiger partial charge in [0.25, 0.3) is 0 Å². The lowest BCUT2D eigenvalue weighted by Crippen LogP contribution is -2.14. The van der Waals surface area contributed by atoms with Gasteiger partial charge in [-0.15, -0.1) is 0 Å². The zero-order valence-corrected chi connectivity index (χ0v) is 14.1. The third-order valence-electron chi connectivity index (χ3n) is 3.15. The van der Waals surface area contributed by atoms with Gasteiger partial charge in [-0.2, -0.15) is 0 Å². The summed E-state index contributed by atoms with van der Waals surface area (Å²) in [5.41, 5.74) is 2.30. The second-order valence-electron chi connectivity index (χ2n) is 5.79.